The van der Waals surface area contributed by atoms with Crippen LogP contribution in [0.5, 0.6) is 0 Å². The smallest absolute Gasteiger partial charge is 0.212 e. The third-order valence-electron chi connectivity index (χ3n) is 21.5. The molecule has 4 saturated heterocycles. The van der Waals surface area contributed by atoms with Crippen molar-refractivity contribution in [3.8, 4) is 0 Å². The lowest BCUT2D eigenvalue weighted by atomic mass is 9.75. The first-order valence-electron chi connectivity index (χ1n) is 52.0. The highest BCUT2D eigenvalue weighted by Gasteiger charge is 2.48. The molecule has 138 heavy (non-hydrogen) atoms. The maximum atomic E-state index is 13.0. The van der Waals surface area contributed by atoms with Crippen molar-refractivity contribution >= 4 is 40.1 Å². The summed E-state index contributed by atoms with van der Waals surface area (Å²) in [6, 6.07) is 30.0. The van der Waals surface area contributed by atoms with E-state index >= 15 is 0 Å². The van der Waals surface area contributed by atoms with E-state index in [4.69, 9.17) is 0 Å². The second kappa shape index (κ2) is 80.2. The molecule has 4 aliphatic heterocycles. The first-order chi connectivity index (χ1) is 64.0. The molecule has 0 bridgehead atoms. The molecule has 1 atom stereocenters. The van der Waals surface area contributed by atoms with E-state index in [1.54, 1.807) is 109 Å². The lowest BCUT2D eigenvalue weighted by Crippen LogP contribution is -2.39. The fraction of sp³-hybridized carbons (Fsp3) is 0.730. The van der Waals surface area contributed by atoms with Gasteiger partial charge in [-0.1, -0.05) is 351 Å². The lowest BCUT2D eigenvalue weighted by Gasteiger charge is -2.30. The van der Waals surface area contributed by atoms with Gasteiger partial charge < -0.3 is 0 Å². The van der Waals surface area contributed by atoms with Crippen molar-refractivity contribution in [2.45, 2.75) is 454 Å². The van der Waals surface area contributed by atoms with Crippen molar-refractivity contribution in [2.75, 3.05) is 52.4 Å². The summed E-state index contributed by atoms with van der Waals surface area (Å²) in [6.07, 6.45) is 8.52. The monoisotopic (exact) mass is 2060 g/mol. The Kier molecular flexibility index (Phi) is 86.2. The Morgan fingerprint density at radius 1 is 0.297 bits per heavy atom. The minimum absolute atomic E-state index is 0.00125. The molecule has 4 heterocycles. The van der Waals surface area contributed by atoms with E-state index in [0.717, 1.165) is 163 Å². The van der Waals surface area contributed by atoms with Gasteiger partial charge in [0.15, 0.2) is 0 Å². The van der Waals surface area contributed by atoms with Gasteiger partial charge in [-0.05, 0) is 230 Å². The fourth-order valence-electron chi connectivity index (χ4n) is 12.8. The number of hydrogen-bond donors (Lipinski definition) is 0. The summed E-state index contributed by atoms with van der Waals surface area (Å²) in [4.78, 5) is 0. The SMILES string of the molecule is CC.CC.CC.CC(C)C(C)(C)c1cccc(C(F)(F)F)c1.CC(C)C(C)c1cccc(C(F)(F)F)c1.CC(C)C(c1ccc(F)cc1)c1ccc(F)cc1.CC(C)C1(c2cccc(C(F)(F)F)c2)CC1.CC(C)S(=O)(=O)N1CCCC1.CC(C)S(=O)(=O)N1CCCC1.CC(C)S(=O)(=O)N1CCCCC1.CC(C)S(=O)(=O)N1CCCCC1.CCC.CCC.CCC.CCC.CCC.CCC.CCC. The van der Waals surface area contributed by atoms with E-state index in [1.165, 1.54) is 118 Å². The second-order valence-electron chi connectivity index (χ2n) is 37.3. The van der Waals surface area contributed by atoms with Gasteiger partial charge in [0.25, 0.3) is 0 Å². The standard InChI is InChI=1S/C16H16F2.C13H15F3.C13H17F3.C12H15F3.2C8H17NO2S.2C7H15NO2S.7C3H8.3C2H6/c1-11(2)16(12-3-7-14(17)8-4-12)13-5-9-15(18)10-6-13;1-9(2)12(6-7-12)10-4-3-5-11(8-10)13(14,15)16;1-9(2)12(3,4)10-6-5-7-11(8-10)13(14,15)16;1-8(2)9(3)10-5-4-6-11(7-10)12(13,14)15;2*1-8(2)12(10,11)9-6-4-3-5-7-9;2*1-7(2)11(9,10)8-5-3-4-6-8;7*1-3-2;3*1-2/h3-11,16H,1-2H3;3-5,8-9H,6-7H2,1-2H3;5-9H,1-4H3;4-9H,1-3H3;2*8H,3-7H2,1-2H3;2*7H,3-6H2,1-2H3;7*3H2,1-2H3;3*1-2H3. The number of sulfonamides is 4. The molecule has 1 saturated carbocycles. The molecule has 10 rings (SSSR count). The second-order valence-corrected chi connectivity index (χ2v) is 47.2. The maximum absolute atomic E-state index is 13.0. The Morgan fingerprint density at radius 2 is 0.522 bits per heavy atom. The summed E-state index contributed by atoms with van der Waals surface area (Å²) in [5, 5.41) is -1.06. The largest absolute Gasteiger partial charge is 0.416 e. The van der Waals surface area contributed by atoms with Gasteiger partial charge in [-0.25, -0.2) is 59.7 Å². The summed E-state index contributed by atoms with van der Waals surface area (Å²) in [5.41, 5.74) is 2.52. The topological polar surface area (TPSA) is 150 Å². The fourth-order valence-corrected chi connectivity index (χ4v) is 18.2. The molecule has 0 aromatic heterocycles. The van der Waals surface area contributed by atoms with Crippen LogP contribution in [0, 0.1) is 35.3 Å². The molecule has 5 aromatic carbocycles. The van der Waals surface area contributed by atoms with Gasteiger partial charge in [-0.15, -0.1) is 0 Å². The highest BCUT2D eigenvalue weighted by Crippen LogP contribution is 2.54. The Hall–Kier alpha value is -5.03. The Morgan fingerprint density at radius 3 is 0.739 bits per heavy atom. The quantitative estimate of drug-likeness (QED) is 0.0835. The van der Waals surface area contributed by atoms with E-state index in [1.807, 2.05) is 96.1 Å². The molecule has 814 valence electrons. The molecule has 12 nitrogen and oxygen atoms in total. The first-order valence-corrected chi connectivity index (χ1v) is 58.0. The van der Waals surface area contributed by atoms with Crippen molar-refractivity contribution in [3.05, 3.63) is 177 Å². The third-order valence-corrected chi connectivity index (χ3v) is 30.6. The number of benzene rings is 5. The zero-order valence-corrected chi connectivity index (χ0v) is 97.0. The summed E-state index contributed by atoms with van der Waals surface area (Å²) in [7, 11) is -11.8. The number of piperidine rings is 2. The van der Waals surface area contributed by atoms with Crippen LogP contribution in [-0.4, -0.2) is 124 Å². The predicted octanol–water partition coefficient (Wildman–Crippen LogP) is 35.3. The van der Waals surface area contributed by atoms with E-state index in [0.29, 0.717) is 17.8 Å². The zero-order valence-electron chi connectivity index (χ0n) is 93.8. The highest BCUT2D eigenvalue weighted by molar-refractivity contribution is 7.90. The van der Waals surface area contributed by atoms with Crippen molar-refractivity contribution in [1.82, 2.24) is 17.2 Å². The number of nitrogens with zero attached hydrogens (tertiary/aromatic N) is 4. The van der Waals surface area contributed by atoms with Gasteiger partial charge in [-0.3, -0.25) is 0 Å². The molecule has 5 aromatic rings. The van der Waals surface area contributed by atoms with Crippen LogP contribution >= 0.6 is 0 Å². The number of alkyl halides is 9. The van der Waals surface area contributed by atoms with Crippen molar-refractivity contribution in [3.63, 3.8) is 0 Å². The number of halogens is 11. The summed E-state index contributed by atoms with van der Waals surface area (Å²) < 4.78 is 237. The van der Waals surface area contributed by atoms with Crippen LogP contribution in [0.1, 0.15) is 448 Å². The predicted molar refractivity (Wildman–Crippen MR) is 575 cm³/mol. The molecule has 0 N–H and O–H groups in total. The molecule has 1 aliphatic carbocycles. The van der Waals surface area contributed by atoms with Crippen LogP contribution in [0.15, 0.2) is 121 Å². The van der Waals surface area contributed by atoms with Crippen LogP contribution < -0.4 is 0 Å². The highest BCUT2D eigenvalue weighted by atomic mass is 32.2. The summed E-state index contributed by atoms with van der Waals surface area (Å²) in [5.74, 6) is 1.22. The molecule has 5 aliphatic rings. The van der Waals surface area contributed by atoms with Gasteiger partial charge in [0, 0.05) is 58.3 Å². The minimum Gasteiger partial charge on any atom is -0.212 e. The third kappa shape index (κ3) is 61.3. The van der Waals surface area contributed by atoms with Gasteiger partial charge in [-0.2, -0.15) is 39.5 Å². The molecular formula is C111H201F11N4O8S4. The van der Waals surface area contributed by atoms with Crippen LogP contribution in [0.2, 0.25) is 0 Å². The van der Waals surface area contributed by atoms with Crippen LogP contribution in [-0.2, 0) is 69.5 Å². The maximum Gasteiger partial charge on any atom is 0.416 e. The summed E-state index contributed by atoms with van der Waals surface area (Å²) in [6.45, 7) is 83.7. The molecular weight excluding hydrogens is 1850 g/mol. The van der Waals surface area contributed by atoms with E-state index in [2.05, 4.69) is 125 Å². The van der Waals surface area contributed by atoms with E-state index in [9.17, 15) is 82.0 Å². The first kappa shape index (κ1) is 148. The molecule has 0 spiro atoms. The molecule has 0 radical (unpaired) electrons. The number of hydrogen-bond acceptors (Lipinski definition) is 8. The van der Waals surface area contributed by atoms with E-state index in [-0.39, 0.29) is 61.2 Å². The van der Waals surface area contributed by atoms with Crippen molar-refractivity contribution < 1.29 is 82.0 Å². The van der Waals surface area contributed by atoms with E-state index < -0.39 is 75.3 Å². The van der Waals surface area contributed by atoms with Gasteiger partial charge >= 0.3 is 18.5 Å². The van der Waals surface area contributed by atoms with Crippen molar-refractivity contribution in [2.24, 2.45) is 23.7 Å². The summed E-state index contributed by atoms with van der Waals surface area (Å²) >= 11 is 0. The van der Waals surface area contributed by atoms with Gasteiger partial charge in [0.2, 0.25) is 40.1 Å². The molecule has 5 fully saturated rings. The van der Waals surface area contributed by atoms with Gasteiger partial charge in [0.1, 0.15) is 11.6 Å². The lowest BCUT2D eigenvalue weighted by molar-refractivity contribution is -0.138. The molecule has 0 amide bonds. The zero-order chi connectivity index (χ0) is 110. The Balaban J connectivity index is -0.000000225. The minimum atomic E-state index is -4.26. The Labute approximate surface area is 841 Å². The van der Waals surface area contributed by atoms with Crippen LogP contribution in [0.3, 0.4) is 0 Å². The number of rotatable bonds is 17. The molecule has 1 unspecified atom stereocenters. The van der Waals surface area contributed by atoms with Crippen LogP contribution in [0.25, 0.3) is 0 Å². The Bertz CT molecular complexity index is 3940. The average Bonchev–Trinajstić information content (AvgIpc) is 1.60. The van der Waals surface area contributed by atoms with Crippen LogP contribution in [0.4, 0.5) is 48.3 Å². The molecule has 27 heteroatoms. The average molecular weight is 2060 g/mol. The van der Waals surface area contributed by atoms with Crippen molar-refractivity contribution in [1.29, 1.82) is 0 Å². The van der Waals surface area contributed by atoms with Gasteiger partial charge in [0.05, 0.1) is 37.7 Å². The normalized spacial score (nSPS) is 14.9.